The summed E-state index contributed by atoms with van der Waals surface area (Å²) in [5, 5.41) is 8.21. The summed E-state index contributed by atoms with van der Waals surface area (Å²) in [5.41, 5.74) is 0. The summed E-state index contributed by atoms with van der Waals surface area (Å²) in [6.07, 6.45) is 2.14. The maximum Gasteiger partial charge on any atom is 0.0148 e. The highest BCUT2D eigenvalue weighted by molar-refractivity contribution is 7.98. The lowest BCUT2D eigenvalue weighted by Crippen LogP contribution is -1.84. The van der Waals surface area contributed by atoms with E-state index in [9.17, 15) is 0 Å². The van der Waals surface area contributed by atoms with E-state index < -0.39 is 0 Å². The van der Waals surface area contributed by atoms with Crippen LogP contribution in [-0.2, 0) is 0 Å². The van der Waals surface area contributed by atoms with Gasteiger partial charge in [-0.05, 0) is 44.6 Å². The Balaban J connectivity index is 2.40. The van der Waals surface area contributed by atoms with Crippen molar-refractivity contribution in [3.8, 4) is 0 Å². The second kappa shape index (κ2) is 3.63. The molecule has 0 radical (unpaired) electrons. The first-order chi connectivity index (χ1) is 8.88. The zero-order valence-electron chi connectivity index (χ0n) is 10.1. The Labute approximate surface area is 110 Å². The van der Waals surface area contributed by atoms with E-state index >= 15 is 0 Å². The van der Waals surface area contributed by atoms with Crippen LogP contribution < -0.4 is 0 Å². The summed E-state index contributed by atoms with van der Waals surface area (Å²) in [4.78, 5) is 1.36. The maximum absolute atomic E-state index is 2.26. The summed E-state index contributed by atoms with van der Waals surface area (Å²) >= 11 is 1.82. The third-order valence-corrected chi connectivity index (χ3v) is 4.50. The number of rotatable bonds is 1. The summed E-state index contributed by atoms with van der Waals surface area (Å²) < 4.78 is 0. The van der Waals surface area contributed by atoms with Crippen molar-refractivity contribution in [1.82, 2.24) is 0 Å². The zero-order chi connectivity index (χ0) is 12.1. The van der Waals surface area contributed by atoms with Crippen molar-refractivity contribution in [2.75, 3.05) is 6.26 Å². The minimum Gasteiger partial charge on any atom is -0.129 e. The average Bonchev–Trinajstić information content (AvgIpc) is 2.44. The van der Waals surface area contributed by atoms with E-state index in [2.05, 4.69) is 60.9 Å². The Morgan fingerprint density at radius 1 is 0.667 bits per heavy atom. The Morgan fingerprint density at radius 3 is 2.00 bits per heavy atom. The van der Waals surface area contributed by atoms with E-state index in [0.29, 0.717) is 0 Å². The first-order valence-electron chi connectivity index (χ1n) is 6.09. The normalized spacial score (nSPS) is 11.8. The van der Waals surface area contributed by atoms with Gasteiger partial charge in [-0.2, -0.15) is 0 Å². The highest BCUT2D eigenvalue weighted by Gasteiger charge is 2.09. The lowest BCUT2D eigenvalue weighted by molar-refractivity contribution is 1.58. The van der Waals surface area contributed by atoms with Crippen LogP contribution in [0.4, 0.5) is 0 Å². The van der Waals surface area contributed by atoms with Gasteiger partial charge in [0, 0.05) is 4.90 Å². The third kappa shape index (κ3) is 1.23. The van der Waals surface area contributed by atoms with Crippen LogP contribution in [0.15, 0.2) is 59.5 Å². The molecule has 0 spiro atoms. The van der Waals surface area contributed by atoms with Gasteiger partial charge >= 0.3 is 0 Å². The Morgan fingerprint density at radius 2 is 1.28 bits per heavy atom. The topological polar surface area (TPSA) is 0 Å². The largest absolute Gasteiger partial charge is 0.129 e. The SMILES string of the molecule is CSc1ccc2ccc3cccc4ccc1c2c34. The maximum atomic E-state index is 2.26. The van der Waals surface area contributed by atoms with E-state index in [0.717, 1.165) is 0 Å². The Kier molecular flexibility index (Phi) is 2.06. The molecular formula is C17H12S. The van der Waals surface area contributed by atoms with Crippen LogP contribution in [0.25, 0.3) is 32.3 Å². The van der Waals surface area contributed by atoms with Gasteiger partial charge in [0.25, 0.3) is 0 Å². The summed E-state index contributed by atoms with van der Waals surface area (Å²) in [5.74, 6) is 0. The van der Waals surface area contributed by atoms with E-state index in [1.807, 2.05) is 11.8 Å². The minimum absolute atomic E-state index is 1.34. The average molecular weight is 248 g/mol. The van der Waals surface area contributed by atoms with Crippen LogP contribution in [0, 0.1) is 0 Å². The minimum atomic E-state index is 1.34. The standard InChI is InChI=1S/C17H12S/c1-18-15-10-8-13-6-5-11-3-2-4-12-7-9-14(15)17(13)16(11)12/h2-10H,1H3. The molecule has 0 amide bonds. The van der Waals surface area contributed by atoms with Gasteiger partial charge in [-0.3, -0.25) is 0 Å². The van der Waals surface area contributed by atoms with Gasteiger partial charge in [-0.15, -0.1) is 11.8 Å². The predicted octanol–water partition coefficient (Wildman–Crippen LogP) is 5.31. The van der Waals surface area contributed by atoms with E-state index in [4.69, 9.17) is 0 Å². The van der Waals surface area contributed by atoms with Crippen LogP contribution in [-0.4, -0.2) is 6.26 Å². The molecule has 0 N–H and O–H groups in total. The Hall–Kier alpha value is -1.73. The molecular weight excluding hydrogens is 236 g/mol. The van der Waals surface area contributed by atoms with E-state index in [1.54, 1.807) is 0 Å². The predicted molar refractivity (Wildman–Crippen MR) is 81.9 cm³/mol. The summed E-state index contributed by atoms with van der Waals surface area (Å²) in [6, 6.07) is 20.0. The third-order valence-electron chi connectivity index (χ3n) is 3.71. The van der Waals surface area contributed by atoms with Crippen LogP contribution in [0.3, 0.4) is 0 Å². The summed E-state index contributed by atoms with van der Waals surface area (Å²) in [6.45, 7) is 0. The molecule has 0 saturated heterocycles. The van der Waals surface area contributed by atoms with Crippen molar-refractivity contribution < 1.29 is 0 Å². The summed E-state index contributed by atoms with van der Waals surface area (Å²) in [7, 11) is 0. The van der Waals surface area contributed by atoms with Crippen molar-refractivity contribution >= 4 is 44.1 Å². The molecule has 0 heterocycles. The number of benzene rings is 4. The lowest BCUT2D eigenvalue weighted by Gasteiger charge is -2.12. The zero-order valence-corrected chi connectivity index (χ0v) is 10.9. The van der Waals surface area contributed by atoms with Gasteiger partial charge in [0.15, 0.2) is 0 Å². The van der Waals surface area contributed by atoms with Crippen molar-refractivity contribution in [3.63, 3.8) is 0 Å². The molecule has 4 aromatic rings. The molecule has 0 saturated carbocycles. The number of hydrogen-bond acceptors (Lipinski definition) is 1. The first-order valence-corrected chi connectivity index (χ1v) is 7.31. The molecule has 0 atom stereocenters. The van der Waals surface area contributed by atoms with Crippen molar-refractivity contribution in [3.05, 3.63) is 54.6 Å². The molecule has 0 aliphatic heterocycles. The van der Waals surface area contributed by atoms with E-state index in [1.165, 1.54) is 37.2 Å². The molecule has 0 aromatic heterocycles. The monoisotopic (exact) mass is 248 g/mol. The first kappa shape index (κ1) is 10.2. The molecule has 0 nitrogen and oxygen atoms in total. The van der Waals surface area contributed by atoms with Crippen molar-refractivity contribution in [2.45, 2.75) is 4.90 Å². The van der Waals surface area contributed by atoms with Gasteiger partial charge in [0.05, 0.1) is 0 Å². The molecule has 1 heteroatoms. The van der Waals surface area contributed by atoms with Gasteiger partial charge < -0.3 is 0 Å². The van der Waals surface area contributed by atoms with Crippen LogP contribution >= 0.6 is 11.8 Å². The Bertz CT molecular complexity index is 845. The van der Waals surface area contributed by atoms with Crippen LogP contribution in [0.2, 0.25) is 0 Å². The molecule has 4 rings (SSSR count). The molecule has 18 heavy (non-hydrogen) atoms. The van der Waals surface area contributed by atoms with Crippen LogP contribution in [0.5, 0.6) is 0 Å². The molecule has 0 aliphatic carbocycles. The molecule has 86 valence electrons. The fourth-order valence-corrected chi connectivity index (χ4v) is 3.48. The fraction of sp³-hybridized carbons (Fsp3) is 0.0588. The molecule has 4 aromatic carbocycles. The highest BCUT2D eigenvalue weighted by Crippen LogP contribution is 2.38. The lowest BCUT2D eigenvalue weighted by atomic mass is 9.94. The quantitative estimate of drug-likeness (QED) is 0.325. The number of hydrogen-bond donors (Lipinski definition) is 0. The van der Waals surface area contributed by atoms with Gasteiger partial charge in [0.2, 0.25) is 0 Å². The fourth-order valence-electron chi connectivity index (χ4n) is 2.89. The van der Waals surface area contributed by atoms with Crippen LogP contribution in [0.1, 0.15) is 0 Å². The van der Waals surface area contributed by atoms with Gasteiger partial charge in [0.1, 0.15) is 0 Å². The smallest absolute Gasteiger partial charge is 0.0148 e. The van der Waals surface area contributed by atoms with Crippen molar-refractivity contribution in [2.24, 2.45) is 0 Å². The van der Waals surface area contributed by atoms with Gasteiger partial charge in [-0.25, -0.2) is 0 Å². The molecule has 0 unspecified atom stereocenters. The highest BCUT2D eigenvalue weighted by atomic mass is 32.2. The molecule has 0 aliphatic rings. The van der Waals surface area contributed by atoms with Gasteiger partial charge in [-0.1, -0.05) is 48.5 Å². The molecule has 0 fully saturated rings. The number of thioether (sulfide) groups is 1. The second-order valence-electron chi connectivity index (χ2n) is 4.62. The second-order valence-corrected chi connectivity index (χ2v) is 5.47. The van der Waals surface area contributed by atoms with Crippen molar-refractivity contribution in [1.29, 1.82) is 0 Å². The molecule has 0 bridgehead atoms. The van der Waals surface area contributed by atoms with E-state index in [-0.39, 0.29) is 0 Å².